The van der Waals surface area contributed by atoms with Crippen molar-refractivity contribution in [2.45, 2.75) is 19.8 Å². The van der Waals surface area contributed by atoms with Crippen molar-refractivity contribution >= 4 is 17.9 Å². The molecule has 0 bridgehead atoms. The highest BCUT2D eigenvalue weighted by molar-refractivity contribution is 6.14. The Morgan fingerprint density at radius 3 is 1.92 bits per heavy atom. The Balaban J connectivity index is 1.91. The monoisotopic (exact) mass is 324 g/mol. The molecular weight excluding hydrogens is 306 g/mol. The molecule has 0 aliphatic heterocycles. The molecule has 1 aliphatic carbocycles. The summed E-state index contributed by atoms with van der Waals surface area (Å²) in [7, 11) is 0. The van der Waals surface area contributed by atoms with Gasteiger partial charge in [-0.25, -0.2) is 8.78 Å². The van der Waals surface area contributed by atoms with Crippen molar-refractivity contribution in [3.8, 4) is 0 Å². The lowest BCUT2D eigenvalue weighted by atomic mass is 9.80. The highest BCUT2D eigenvalue weighted by Crippen LogP contribution is 2.32. The second kappa shape index (κ2) is 6.91. The topological polar surface area (TPSA) is 17.1 Å². The second-order valence-corrected chi connectivity index (χ2v) is 6.14. The van der Waals surface area contributed by atoms with Crippen LogP contribution >= 0.6 is 0 Å². The minimum Gasteiger partial charge on any atom is -0.289 e. The lowest BCUT2D eigenvalue weighted by Gasteiger charge is -2.23. The lowest BCUT2D eigenvalue weighted by Crippen LogP contribution is -2.19. The molecule has 2 aromatic carbocycles. The molecule has 1 atom stereocenters. The average Bonchev–Trinajstić information content (AvgIpc) is 2.58. The zero-order valence-corrected chi connectivity index (χ0v) is 13.4. The molecule has 3 rings (SSSR count). The van der Waals surface area contributed by atoms with Crippen LogP contribution in [0.25, 0.3) is 12.2 Å². The molecule has 122 valence electrons. The molecule has 0 amide bonds. The van der Waals surface area contributed by atoms with Crippen molar-refractivity contribution < 1.29 is 13.6 Å². The van der Waals surface area contributed by atoms with Crippen LogP contribution in [-0.4, -0.2) is 5.78 Å². The molecule has 24 heavy (non-hydrogen) atoms. The van der Waals surface area contributed by atoms with Gasteiger partial charge < -0.3 is 0 Å². The summed E-state index contributed by atoms with van der Waals surface area (Å²) < 4.78 is 26.0. The van der Waals surface area contributed by atoms with Crippen molar-refractivity contribution in [3.05, 3.63) is 82.4 Å². The Labute approximate surface area is 140 Å². The van der Waals surface area contributed by atoms with Gasteiger partial charge in [-0.15, -0.1) is 0 Å². The fraction of sp³-hybridized carbons (Fsp3) is 0.190. The maximum absolute atomic E-state index is 13.0. The van der Waals surface area contributed by atoms with Crippen LogP contribution in [0.1, 0.15) is 30.9 Å². The molecule has 0 spiro atoms. The molecule has 2 aromatic rings. The first-order chi connectivity index (χ1) is 11.5. The van der Waals surface area contributed by atoms with Crippen LogP contribution in [0.4, 0.5) is 8.78 Å². The molecule has 1 saturated carbocycles. The van der Waals surface area contributed by atoms with Crippen LogP contribution in [0.3, 0.4) is 0 Å². The normalized spacial score (nSPS) is 21.5. The highest BCUT2D eigenvalue weighted by Gasteiger charge is 2.26. The van der Waals surface area contributed by atoms with Crippen LogP contribution < -0.4 is 0 Å². The molecule has 0 heterocycles. The van der Waals surface area contributed by atoms with E-state index in [-0.39, 0.29) is 23.3 Å². The number of Topliss-reactive ketones (excluding diaryl/α,β-unsaturated/α-hetero) is 1. The quantitative estimate of drug-likeness (QED) is 0.673. The molecule has 0 unspecified atom stereocenters. The Bertz CT molecular complexity index is 799. The van der Waals surface area contributed by atoms with E-state index in [1.165, 1.54) is 24.3 Å². The summed E-state index contributed by atoms with van der Waals surface area (Å²) in [6.07, 6.45) is 5.25. The molecular formula is C21H18F2O. The number of ketones is 1. The van der Waals surface area contributed by atoms with Crippen LogP contribution in [0.5, 0.6) is 0 Å². The van der Waals surface area contributed by atoms with Gasteiger partial charge in [-0.05, 0) is 66.3 Å². The third-order valence-corrected chi connectivity index (χ3v) is 4.33. The fourth-order valence-corrected chi connectivity index (χ4v) is 2.89. The minimum atomic E-state index is -0.294. The zero-order chi connectivity index (χ0) is 17.1. The molecule has 0 aromatic heterocycles. The standard InChI is InChI=1S/C21H18F2O/c1-14-2-7-17(12-15-3-8-18(22)9-4-15)21(24)20(14)13-16-5-10-19(23)11-6-16/h3-6,8-14H,2,7H2,1H3/b17-12-,20-13-/t14-/m1/s1. The molecule has 1 nitrogen and oxygen atoms in total. The van der Waals surface area contributed by atoms with Gasteiger partial charge in [-0.1, -0.05) is 31.2 Å². The van der Waals surface area contributed by atoms with Crippen molar-refractivity contribution in [2.75, 3.05) is 0 Å². The number of halogens is 2. The summed E-state index contributed by atoms with van der Waals surface area (Å²) in [4.78, 5) is 12.8. The summed E-state index contributed by atoms with van der Waals surface area (Å²) in [5.74, 6) is -0.412. The van der Waals surface area contributed by atoms with Gasteiger partial charge >= 0.3 is 0 Å². The van der Waals surface area contributed by atoms with Crippen molar-refractivity contribution in [3.63, 3.8) is 0 Å². The van der Waals surface area contributed by atoms with Gasteiger partial charge in [0.05, 0.1) is 0 Å². The highest BCUT2D eigenvalue weighted by atomic mass is 19.1. The Kier molecular flexibility index (Phi) is 4.70. The third-order valence-electron chi connectivity index (χ3n) is 4.33. The Morgan fingerprint density at radius 1 is 0.875 bits per heavy atom. The van der Waals surface area contributed by atoms with Crippen molar-refractivity contribution in [2.24, 2.45) is 5.92 Å². The van der Waals surface area contributed by atoms with Crippen LogP contribution in [0.2, 0.25) is 0 Å². The van der Waals surface area contributed by atoms with Gasteiger partial charge in [0, 0.05) is 11.1 Å². The second-order valence-electron chi connectivity index (χ2n) is 6.14. The summed E-state index contributed by atoms with van der Waals surface area (Å²) in [5, 5.41) is 0. The molecule has 1 fully saturated rings. The van der Waals surface area contributed by atoms with E-state index in [0.717, 1.165) is 28.7 Å². The van der Waals surface area contributed by atoms with Crippen LogP contribution in [-0.2, 0) is 4.79 Å². The maximum Gasteiger partial charge on any atom is 0.185 e. The lowest BCUT2D eigenvalue weighted by molar-refractivity contribution is -0.113. The van der Waals surface area contributed by atoms with Gasteiger partial charge in [0.2, 0.25) is 0 Å². The van der Waals surface area contributed by atoms with Gasteiger partial charge in [0.15, 0.2) is 5.78 Å². The van der Waals surface area contributed by atoms with Crippen LogP contribution in [0, 0.1) is 17.6 Å². The molecule has 0 radical (unpaired) electrons. The predicted molar refractivity (Wildman–Crippen MR) is 92.2 cm³/mol. The first kappa shape index (κ1) is 16.3. The summed E-state index contributed by atoms with van der Waals surface area (Å²) in [6.45, 7) is 2.03. The predicted octanol–water partition coefficient (Wildman–Crippen LogP) is 5.43. The Hall–Kier alpha value is -2.55. The number of rotatable bonds is 2. The van der Waals surface area contributed by atoms with Crippen LogP contribution in [0.15, 0.2) is 59.7 Å². The first-order valence-corrected chi connectivity index (χ1v) is 8.01. The molecule has 1 aliphatic rings. The van der Waals surface area contributed by atoms with E-state index in [1.807, 2.05) is 19.1 Å². The van der Waals surface area contributed by atoms with E-state index in [0.29, 0.717) is 6.42 Å². The largest absolute Gasteiger partial charge is 0.289 e. The zero-order valence-electron chi connectivity index (χ0n) is 13.4. The van der Waals surface area contributed by atoms with E-state index < -0.39 is 0 Å². The third kappa shape index (κ3) is 3.67. The average molecular weight is 324 g/mol. The smallest absolute Gasteiger partial charge is 0.185 e. The number of carbonyl (C=O) groups is 1. The van der Waals surface area contributed by atoms with E-state index in [2.05, 4.69) is 0 Å². The van der Waals surface area contributed by atoms with Crippen molar-refractivity contribution in [1.29, 1.82) is 0 Å². The number of hydrogen-bond donors (Lipinski definition) is 0. The van der Waals surface area contributed by atoms with E-state index in [1.54, 1.807) is 24.3 Å². The number of allylic oxidation sites excluding steroid dienone is 2. The molecule has 0 saturated heterocycles. The van der Waals surface area contributed by atoms with Crippen molar-refractivity contribution in [1.82, 2.24) is 0 Å². The number of hydrogen-bond acceptors (Lipinski definition) is 1. The SMILES string of the molecule is C[C@@H]1CC/C(=C/c2ccc(F)cc2)C(=O)/C1=C\c1ccc(F)cc1. The van der Waals surface area contributed by atoms with Gasteiger partial charge in [0.1, 0.15) is 11.6 Å². The molecule has 0 N–H and O–H groups in total. The van der Waals surface area contributed by atoms with E-state index in [9.17, 15) is 13.6 Å². The number of carbonyl (C=O) groups excluding carboxylic acids is 1. The maximum atomic E-state index is 13.0. The first-order valence-electron chi connectivity index (χ1n) is 8.01. The summed E-state index contributed by atoms with van der Waals surface area (Å²) in [5.41, 5.74) is 3.10. The van der Waals surface area contributed by atoms with E-state index in [4.69, 9.17) is 0 Å². The summed E-state index contributed by atoms with van der Waals surface area (Å²) in [6, 6.07) is 12.2. The Morgan fingerprint density at radius 2 is 1.38 bits per heavy atom. The van der Waals surface area contributed by atoms with Gasteiger partial charge in [0.25, 0.3) is 0 Å². The summed E-state index contributed by atoms with van der Waals surface area (Å²) >= 11 is 0. The van der Waals surface area contributed by atoms with E-state index >= 15 is 0 Å². The molecule has 3 heteroatoms. The fourth-order valence-electron chi connectivity index (χ4n) is 2.89. The van der Waals surface area contributed by atoms with Gasteiger partial charge in [-0.2, -0.15) is 0 Å². The number of benzene rings is 2. The minimum absolute atomic E-state index is 0.0161. The van der Waals surface area contributed by atoms with Gasteiger partial charge in [-0.3, -0.25) is 4.79 Å².